The lowest BCUT2D eigenvalue weighted by Gasteiger charge is -2.16. The molecule has 0 spiro atoms. The van der Waals surface area contributed by atoms with Crippen LogP contribution in [0.15, 0.2) is 53.2 Å². The van der Waals surface area contributed by atoms with Crippen LogP contribution < -0.4 is 10.1 Å². The van der Waals surface area contributed by atoms with Crippen molar-refractivity contribution in [2.24, 2.45) is 0 Å². The number of carbonyl (C=O) groups is 3. The molecule has 0 saturated carbocycles. The number of halogens is 2. The van der Waals surface area contributed by atoms with Gasteiger partial charge in [0.2, 0.25) is 0 Å². The van der Waals surface area contributed by atoms with Gasteiger partial charge in [0.25, 0.3) is 11.8 Å². The number of amides is 2. The number of hydrogen-bond acceptors (Lipinski definition) is 6. The van der Waals surface area contributed by atoms with Gasteiger partial charge < -0.3 is 14.8 Å². The fourth-order valence-corrected chi connectivity index (χ4v) is 3.16. The van der Waals surface area contributed by atoms with Crippen molar-refractivity contribution in [3.63, 3.8) is 0 Å². The van der Waals surface area contributed by atoms with Crippen LogP contribution in [0.1, 0.15) is 15.9 Å². The van der Waals surface area contributed by atoms with E-state index in [1.54, 1.807) is 42.5 Å². The molecular formula is C20H16Cl2N2O5. The van der Waals surface area contributed by atoms with Gasteiger partial charge in [-0.05, 0) is 35.9 Å². The third kappa shape index (κ3) is 4.21. The number of rotatable bonds is 6. The van der Waals surface area contributed by atoms with Gasteiger partial charge in [-0.3, -0.25) is 14.5 Å². The molecule has 0 bridgehead atoms. The molecule has 7 nitrogen and oxygen atoms in total. The third-order valence-corrected chi connectivity index (χ3v) is 4.83. The second-order valence-electron chi connectivity index (χ2n) is 6.04. The van der Waals surface area contributed by atoms with Gasteiger partial charge in [-0.1, -0.05) is 35.3 Å². The smallest absolute Gasteiger partial charge is 0.337 e. The number of imide groups is 1. The zero-order valence-corrected chi connectivity index (χ0v) is 17.0. The largest absolute Gasteiger partial charge is 0.495 e. The lowest BCUT2D eigenvalue weighted by molar-refractivity contribution is -0.138. The van der Waals surface area contributed by atoms with Crippen LogP contribution in [0.3, 0.4) is 0 Å². The van der Waals surface area contributed by atoms with E-state index in [1.165, 1.54) is 14.2 Å². The average molecular weight is 435 g/mol. The topological polar surface area (TPSA) is 84.9 Å². The van der Waals surface area contributed by atoms with E-state index in [9.17, 15) is 14.4 Å². The molecule has 1 N–H and O–H groups in total. The molecule has 1 aliphatic rings. The standard InChI is InChI=1S/C20H16Cl2N2O5/c1-28-15-8-7-13(21)9-14(15)23-17-16(22)18(25)24(19(17)26)10-11-3-5-12(6-4-11)20(27)29-2/h3-9,23H,10H2,1-2H3. The highest BCUT2D eigenvalue weighted by Gasteiger charge is 2.38. The lowest BCUT2D eigenvalue weighted by Crippen LogP contribution is -2.31. The Morgan fingerprint density at radius 3 is 2.34 bits per heavy atom. The highest BCUT2D eigenvalue weighted by atomic mass is 35.5. The molecule has 0 atom stereocenters. The Labute approximate surface area is 176 Å². The maximum atomic E-state index is 12.8. The predicted octanol–water partition coefficient (Wildman–Crippen LogP) is 3.57. The molecule has 1 aliphatic heterocycles. The monoisotopic (exact) mass is 434 g/mol. The molecule has 3 rings (SSSR count). The molecule has 0 aromatic heterocycles. The Kier molecular flexibility index (Phi) is 6.10. The van der Waals surface area contributed by atoms with E-state index in [4.69, 9.17) is 27.9 Å². The highest BCUT2D eigenvalue weighted by Crippen LogP contribution is 2.32. The van der Waals surface area contributed by atoms with Gasteiger partial charge in [-0.15, -0.1) is 0 Å². The Hall–Kier alpha value is -3.03. The van der Waals surface area contributed by atoms with Gasteiger partial charge in [0.1, 0.15) is 16.5 Å². The minimum Gasteiger partial charge on any atom is -0.495 e. The van der Waals surface area contributed by atoms with Crippen molar-refractivity contribution in [2.75, 3.05) is 19.5 Å². The summed E-state index contributed by atoms with van der Waals surface area (Å²) in [4.78, 5) is 37.8. The lowest BCUT2D eigenvalue weighted by atomic mass is 10.1. The number of ether oxygens (including phenoxy) is 2. The normalized spacial score (nSPS) is 13.7. The molecule has 150 valence electrons. The first kappa shape index (κ1) is 20.7. The number of carbonyl (C=O) groups excluding carboxylic acids is 3. The number of methoxy groups -OCH3 is 2. The third-order valence-electron chi connectivity index (χ3n) is 4.25. The van der Waals surface area contributed by atoms with Gasteiger partial charge in [0.15, 0.2) is 0 Å². The van der Waals surface area contributed by atoms with E-state index in [2.05, 4.69) is 10.1 Å². The molecule has 29 heavy (non-hydrogen) atoms. The van der Waals surface area contributed by atoms with Gasteiger partial charge in [0.05, 0.1) is 32.0 Å². The van der Waals surface area contributed by atoms with Crippen LogP contribution in [-0.4, -0.2) is 36.9 Å². The second-order valence-corrected chi connectivity index (χ2v) is 6.86. The number of anilines is 1. The molecule has 0 aliphatic carbocycles. The molecule has 0 fully saturated rings. The van der Waals surface area contributed by atoms with Crippen molar-refractivity contribution in [2.45, 2.75) is 6.54 Å². The van der Waals surface area contributed by atoms with Crippen LogP contribution in [0.4, 0.5) is 5.69 Å². The first-order chi connectivity index (χ1) is 13.8. The summed E-state index contributed by atoms with van der Waals surface area (Å²) in [6.07, 6.45) is 0. The molecule has 1 heterocycles. The zero-order valence-electron chi connectivity index (χ0n) is 15.5. The first-order valence-electron chi connectivity index (χ1n) is 8.39. The van der Waals surface area contributed by atoms with E-state index in [0.29, 0.717) is 27.6 Å². The minimum atomic E-state index is -0.628. The summed E-state index contributed by atoms with van der Waals surface area (Å²) in [5.74, 6) is -1.25. The summed E-state index contributed by atoms with van der Waals surface area (Å²) in [7, 11) is 2.76. The number of esters is 1. The molecule has 0 unspecified atom stereocenters. The molecule has 2 aromatic rings. The van der Waals surface area contributed by atoms with Crippen molar-refractivity contribution in [1.29, 1.82) is 0 Å². The van der Waals surface area contributed by atoms with E-state index < -0.39 is 17.8 Å². The van der Waals surface area contributed by atoms with Crippen molar-refractivity contribution in [3.8, 4) is 5.75 Å². The molecule has 0 saturated heterocycles. The summed E-state index contributed by atoms with van der Waals surface area (Å²) < 4.78 is 9.88. The maximum Gasteiger partial charge on any atom is 0.337 e. The molecule has 2 amide bonds. The Morgan fingerprint density at radius 2 is 1.72 bits per heavy atom. The fourth-order valence-electron chi connectivity index (χ4n) is 2.76. The van der Waals surface area contributed by atoms with Gasteiger partial charge >= 0.3 is 5.97 Å². The molecule has 2 aromatic carbocycles. The van der Waals surface area contributed by atoms with E-state index in [-0.39, 0.29) is 17.3 Å². The van der Waals surface area contributed by atoms with Crippen LogP contribution in [0.25, 0.3) is 0 Å². The number of nitrogens with one attached hydrogen (secondary N) is 1. The number of nitrogens with zero attached hydrogens (tertiary/aromatic N) is 1. The Balaban J connectivity index is 1.80. The number of benzene rings is 2. The van der Waals surface area contributed by atoms with Crippen LogP contribution in [0.2, 0.25) is 5.02 Å². The highest BCUT2D eigenvalue weighted by molar-refractivity contribution is 6.48. The van der Waals surface area contributed by atoms with Crippen LogP contribution in [-0.2, 0) is 20.9 Å². The predicted molar refractivity (Wildman–Crippen MR) is 108 cm³/mol. The zero-order chi connectivity index (χ0) is 21.1. The number of hydrogen-bond donors (Lipinski definition) is 1. The first-order valence-corrected chi connectivity index (χ1v) is 9.15. The summed E-state index contributed by atoms with van der Waals surface area (Å²) in [5, 5.41) is 3.03. The quantitative estimate of drug-likeness (QED) is 0.552. The average Bonchev–Trinajstić information content (AvgIpc) is 2.92. The van der Waals surface area contributed by atoms with Crippen molar-refractivity contribution >= 4 is 46.7 Å². The summed E-state index contributed by atoms with van der Waals surface area (Å²) in [5.41, 5.74) is 1.34. The Morgan fingerprint density at radius 1 is 1.03 bits per heavy atom. The Bertz CT molecular complexity index is 1020. The van der Waals surface area contributed by atoms with E-state index in [1.807, 2.05) is 0 Å². The van der Waals surface area contributed by atoms with Gasteiger partial charge in [-0.25, -0.2) is 4.79 Å². The summed E-state index contributed by atoms with van der Waals surface area (Å²) in [6, 6.07) is 11.2. The van der Waals surface area contributed by atoms with Crippen molar-refractivity contribution in [1.82, 2.24) is 4.90 Å². The molecule has 0 radical (unpaired) electrons. The van der Waals surface area contributed by atoms with Crippen LogP contribution in [0, 0.1) is 0 Å². The summed E-state index contributed by atoms with van der Waals surface area (Å²) in [6.45, 7) is -0.00675. The van der Waals surface area contributed by atoms with Crippen LogP contribution in [0.5, 0.6) is 5.75 Å². The van der Waals surface area contributed by atoms with Crippen molar-refractivity contribution < 1.29 is 23.9 Å². The second kappa shape index (κ2) is 8.55. The summed E-state index contributed by atoms with van der Waals surface area (Å²) >= 11 is 12.1. The van der Waals surface area contributed by atoms with Crippen LogP contribution >= 0.6 is 23.2 Å². The maximum absolute atomic E-state index is 12.8. The molecular weight excluding hydrogens is 419 g/mol. The van der Waals surface area contributed by atoms with E-state index >= 15 is 0 Å². The minimum absolute atomic E-state index is 0.00675. The van der Waals surface area contributed by atoms with Gasteiger partial charge in [-0.2, -0.15) is 0 Å². The SMILES string of the molecule is COC(=O)c1ccc(CN2C(=O)C(Cl)=C(Nc3cc(Cl)ccc3OC)C2=O)cc1. The molecule has 9 heteroatoms. The van der Waals surface area contributed by atoms with E-state index in [0.717, 1.165) is 4.90 Å². The van der Waals surface area contributed by atoms with Crippen molar-refractivity contribution in [3.05, 3.63) is 69.3 Å². The fraction of sp³-hybridized carbons (Fsp3) is 0.150. The van der Waals surface area contributed by atoms with Gasteiger partial charge in [0, 0.05) is 5.02 Å².